The lowest BCUT2D eigenvalue weighted by Gasteiger charge is -2.17. The summed E-state index contributed by atoms with van der Waals surface area (Å²) in [6, 6.07) is 11.1. The van der Waals surface area contributed by atoms with Gasteiger partial charge in [0.15, 0.2) is 0 Å². The third-order valence-electron chi connectivity index (χ3n) is 4.94. The highest BCUT2D eigenvalue weighted by atomic mass is 19.1. The SMILES string of the molecule is C=CC(=O)Nc1ccc(C(=O)N2CCC(Nc3ncc4ccc(F)cc4n3)C2)cc1. The van der Waals surface area contributed by atoms with E-state index in [0.29, 0.717) is 35.8 Å². The quantitative estimate of drug-likeness (QED) is 0.637. The summed E-state index contributed by atoms with van der Waals surface area (Å²) in [5.74, 6) is -0.321. The molecule has 0 radical (unpaired) electrons. The normalized spacial score (nSPS) is 15.8. The molecule has 4 rings (SSSR count). The van der Waals surface area contributed by atoms with Crippen LogP contribution < -0.4 is 10.6 Å². The summed E-state index contributed by atoms with van der Waals surface area (Å²) in [5, 5.41) is 6.64. The fourth-order valence-electron chi connectivity index (χ4n) is 3.38. The Morgan fingerprint density at radius 2 is 2.00 bits per heavy atom. The van der Waals surface area contributed by atoms with E-state index >= 15 is 0 Å². The maximum Gasteiger partial charge on any atom is 0.253 e. The Balaban J connectivity index is 1.38. The summed E-state index contributed by atoms with van der Waals surface area (Å²) >= 11 is 0. The number of amides is 2. The molecule has 0 spiro atoms. The third-order valence-corrected chi connectivity index (χ3v) is 4.94. The first-order valence-corrected chi connectivity index (χ1v) is 9.53. The second kappa shape index (κ2) is 8.28. The first-order valence-electron chi connectivity index (χ1n) is 9.53. The summed E-state index contributed by atoms with van der Waals surface area (Å²) in [5.41, 5.74) is 1.68. The number of anilines is 2. The van der Waals surface area contributed by atoms with E-state index in [1.165, 1.54) is 18.2 Å². The Morgan fingerprint density at radius 1 is 1.20 bits per heavy atom. The third kappa shape index (κ3) is 4.27. The smallest absolute Gasteiger partial charge is 0.253 e. The molecule has 1 fully saturated rings. The minimum absolute atomic E-state index is 0.00566. The van der Waals surface area contributed by atoms with Crippen molar-refractivity contribution in [2.45, 2.75) is 12.5 Å². The van der Waals surface area contributed by atoms with E-state index in [0.717, 1.165) is 11.8 Å². The molecule has 3 aromatic rings. The standard InChI is InChI=1S/C22H20FN5O2/c1-2-20(29)25-17-7-4-14(5-8-17)21(30)28-10-9-18(13-28)26-22-24-12-15-3-6-16(23)11-19(15)27-22/h2-8,11-12,18H,1,9-10,13H2,(H,25,29)(H,24,26,27). The number of carbonyl (C=O) groups excluding carboxylic acids is 2. The Bertz CT molecular complexity index is 1120. The van der Waals surface area contributed by atoms with Gasteiger partial charge >= 0.3 is 0 Å². The maximum atomic E-state index is 13.4. The highest BCUT2D eigenvalue weighted by Gasteiger charge is 2.27. The number of nitrogens with zero attached hydrogens (tertiary/aromatic N) is 3. The van der Waals surface area contributed by atoms with E-state index in [9.17, 15) is 14.0 Å². The van der Waals surface area contributed by atoms with E-state index in [1.54, 1.807) is 41.4 Å². The van der Waals surface area contributed by atoms with Gasteiger partial charge in [0.05, 0.1) is 5.52 Å². The average molecular weight is 405 g/mol. The number of fused-ring (bicyclic) bond motifs is 1. The largest absolute Gasteiger partial charge is 0.350 e. The molecule has 2 aromatic carbocycles. The number of hydrogen-bond acceptors (Lipinski definition) is 5. The van der Waals surface area contributed by atoms with Gasteiger partial charge in [-0.25, -0.2) is 14.4 Å². The molecule has 0 bridgehead atoms. The van der Waals surface area contributed by atoms with E-state index in [-0.39, 0.29) is 23.7 Å². The van der Waals surface area contributed by atoms with Gasteiger partial charge in [0, 0.05) is 48.0 Å². The topological polar surface area (TPSA) is 87.2 Å². The van der Waals surface area contributed by atoms with Crippen molar-refractivity contribution in [3.63, 3.8) is 0 Å². The van der Waals surface area contributed by atoms with Gasteiger partial charge in [-0.15, -0.1) is 0 Å². The molecule has 1 saturated heterocycles. The van der Waals surface area contributed by atoms with Crippen LogP contribution in [0.3, 0.4) is 0 Å². The predicted octanol–water partition coefficient (Wildman–Crippen LogP) is 3.22. The maximum absolute atomic E-state index is 13.4. The molecule has 152 valence electrons. The molecule has 1 aliphatic rings. The van der Waals surface area contributed by atoms with E-state index in [1.807, 2.05) is 0 Å². The van der Waals surface area contributed by atoms with Gasteiger partial charge in [-0.05, 0) is 48.9 Å². The number of likely N-dealkylation sites (tertiary alicyclic amines) is 1. The van der Waals surface area contributed by atoms with Crippen LogP contribution in [0.25, 0.3) is 10.9 Å². The van der Waals surface area contributed by atoms with Gasteiger partial charge < -0.3 is 15.5 Å². The fourth-order valence-corrected chi connectivity index (χ4v) is 3.38. The zero-order valence-electron chi connectivity index (χ0n) is 16.1. The molecule has 0 aliphatic carbocycles. The molecule has 30 heavy (non-hydrogen) atoms. The lowest BCUT2D eigenvalue weighted by atomic mass is 10.2. The predicted molar refractivity (Wildman–Crippen MR) is 113 cm³/mol. The van der Waals surface area contributed by atoms with Gasteiger partial charge in [-0.2, -0.15) is 0 Å². The summed E-state index contributed by atoms with van der Waals surface area (Å²) in [6.45, 7) is 4.52. The molecule has 1 aromatic heterocycles. The zero-order valence-corrected chi connectivity index (χ0v) is 16.1. The van der Waals surface area contributed by atoms with Crippen LogP contribution in [-0.4, -0.2) is 45.8 Å². The molecule has 2 amide bonds. The van der Waals surface area contributed by atoms with Gasteiger partial charge in [-0.3, -0.25) is 9.59 Å². The van der Waals surface area contributed by atoms with E-state index in [4.69, 9.17) is 0 Å². The number of halogens is 1. The summed E-state index contributed by atoms with van der Waals surface area (Å²) < 4.78 is 13.4. The summed E-state index contributed by atoms with van der Waals surface area (Å²) in [4.78, 5) is 34.5. The fraction of sp³-hybridized carbons (Fsp3) is 0.182. The van der Waals surface area contributed by atoms with E-state index in [2.05, 4.69) is 27.2 Å². The van der Waals surface area contributed by atoms with Crippen molar-refractivity contribution in [3.05, 3.63) is 72.7 Å². The van der Waals surface area contributed by atoms with Crippen molar-refractivity contribution in [2.24, 2.45) is 0 Å². The molecule has 1 unspecified atom stereocenters. The summed E-state index contributed by atoms with van der Waals surface area (Å²) in [7, 11) is 0. The van der Waals surface area contributed by atoms with Crippen molar-refractivity contribution in [1.82, 2.24) is 14.9 Å². The molecule has 0 saturated carbocycles. The molecular formula is C22H20FN5O2. The molecule has 8 heteroatoms. The molecule has 1 aliphatic heterocycles. The first kappa shape index (κ1) is 19.5. The minimum Gasteiger partial charge on any atom is -0.350 e. The first-order chi connectivity index (χ1) is 14.5. The number of hydrogen-bond donors (Lipinski definition) is 2. The highest BCUT2D eigenvalue weighted by molar-refractivity contribution is 5.99. The number of benzene rings is 2. The van der Waals surface area contributed by atoms with Crippen LogP contribution in [0.2, 0.25) is 0 Å². The number of rotatable bonds is 5. The van der Waals surface area contributed by atoms with Gasteiger partial charge in [0.2, 0.25) is 11.9 Å². The van der Waals surface area contributed by atoms with Crippen LogP contribution in [0.4, 0.5) is 16.0 Å². The molecule has 2 N–H and O–H groups in total. The summed E-state index contributed by atoms with van der Waals surface area (Å²) in [6.07, 6.45) is 3.59. The van der Waals surface area contributed by atoms with Gasteiger partial charge in [-0.1, -0.05) is 6.58 Å². The number of nitrogens with one attached hydrogen (secondary N) is 2. The van der Waals surface area contributed by atoms with E-state index < -0.39 is 0 Å². The Kier molecular flexibility index (Phi) is 5.38. The van der Waals surface area contributed by atoms with Crippen molar-refractivity contribution in [1.29, 1.82) is 0 Å². The minimum atomic E-state index is -0.347. The second-order valence-electron chi connectivity index (χ2n) is 7.05. The second-order valence-corrected chi connectivity index (χ2v) is 7.05. The van der Waals surface area contributed by atoms with Crippen LogP contribution in [0, 0.1) is 5.82 Å². The van der Waals surface area contributed by atoms with Crippen molar-refractivity contribution < 1.29 is 14.0 Å². The Morgan fingerprint density at radius 3 is 2.77 bits per heavy atom. The lowest BCUT2D eigenvalue weighted by Crippen LogP contribution is -2.31. The van der Waals surface area contributed by atoms with Crippen LogP contribution in [0.5, 0.6) is 0 Å². The monoisotopic (exact) mass is 405 g/mol. The highest BCUT2D eigenvalue weighted by Crippen LogP contribution is 2.19. The molecule has 2 heterocycles. The van der Waals surface area contributed by atoms with Gasteiger partial charge in [0.1, 0.15) is 5.82 Å². The van der Waals surface area contributed by atoms with Crippen LogP contribution in [-0.2, 0) is 4.79 Å². The van der Waals surface area contributed by atoms with Crippen LogP contribution in [0.1, 0.15) is 16.8 Å². The Labute approximate surface area is 172 Å². The van der Waals surface area contributed by atoms with Crippen molar-refractivity contribution in [2.75, 3.05) is 23.7 Å². The number of aromatic nitrogens is 2. The van der Waals surface area contributed by atoms with Crippen LogP contribution >= 0.6 is 0 Å². The molecular weight excluding hydrogens is 385 g/mol. The van der Waals surface area contributed by atoms with Crippen molar-refractivity contribution in [3.8, 4) is 0 Å². The number of carbonyl (C=O) groups is 2. The Hall–Kier alpha value is -3.81. The average Bonchev–Trinajstić information content (AvgIpc) is 3.22. The lowest BCUT2D eigenvalue weighted by molar-refractivity contribution is -0.111. The van der Waals surface area contributed by atoms with Crippen molar-refractivity contribution >= 4 is 34.4 Å². The molecule has 7 nitrogen and oxygen atoms in total. The van der Waals surface area contributed by atoms with Gasteiger partial charge in [0.25, 0.3) is 5.91 Å². The molecule has 1 atom stereocenters. The zero-order chi connectivity index (χ0) is 21.1. The van der Waals surface area contributed by atoms with Crippen LogP contribution in [0.15, 0.2) is 61.3 Å².